The SMILES string of the molecule is C[C@@H]1CCCC[C@H]1NC(=O)[C@]1(C)Cn2c(nc3ccccc32)C(=O)N1Cc1ccco1. The van der Waals surface area contributed by atoms with Crippen molar-refractivity contribution in [3.8, 4) is 0 Å². The van der Waals surface area contributed by atoms with Crippen LogP contribution in [0.3, 0.4) is 0 Å². The number of hydrogen-bond acceptors (Lipinski definition) is 4. The van der Waals surface area contributed by atoms with Crippen molar-refractivity contribution in [2.24, 2.45) is 5.92 Å². The van der Waals surface area contributed by atoms with E-state index in [4.69, 9.17) is 4.42 Å². The van der Waals surface area contributed by atoms with Crippen LogP contribution in [0.5, 0.6) is 0 Å². The summed E-state index contributed by atoms with van der Waals surface area (Å²) in [6.45, 7) is 4.62. The van der Waals surface area contributed by atoms with Crippen LogP contribution in [0.15, 0.2) is 47.1 Å². The Hall–Kier alpha value is -3.09. The summed E-state index contributed by atoms with van der Waals surface area (Å²) in [7, 11) is 0. The highest BCUT2D eigenvalue weighted by Gasteiger charge is 2.49. The average Bonchev–Trinajstić information content (AvgIpc) is 3.41. The molecule has 1 saturated carbocycles. The lowest BCUT2D eigenvalue weighted by Crippen LogP contribution is -2.65. The number of para-hydroxylation sites is 2. The van der Waals surface area contributed by atoms with Crippen LogP contribution in [-0.2, 0) is 17.9 Å². The molecule has 1 aliphatic carbocycles. The van der Waals surface area contributed by atoms with Gasteiger partial charge in [-0.05, 0) is 49.9 Å². The monoisotopic (exact) mass is 420 g/mol. The van der Waals surface area contributed by atoms with E-state index >= 15 is 0 Å². The molecule has 3 atom stereocenters. The molecule has 7 nitrogen and oxygen atoms in total. The van der Waals surface area contributed by atoms with Gasteiger partial charge in [-0.15, -0.1) is 0 Å². The summed E-state index contributed by atoms with van der Waals surface area (Å²) in [4.78, 5) is 33.5. The van der Waals surface area contributed by atoms with Crippen LogP contribution in [-0.4, -0.2) is 37.8 Å². The Bertz CT molecular complexity index is 1120. The van der Waals surface area contributed by atoms with Gasteiger partial charge in [-0.1, -0.05) is 31.9 Å². The molecule has 2 aliphatic rings. The van der Waals surface area contributed by atoms with Gasteiger partial charge >= 0.3 is 0 Å². The molecule has 162 valence electrons. The molecule has 3 aromatic rings. The molecule has 1 aliphatic heterocycles. The lowest BCUT2D eigenvalue weighted by Gasteiger charge is -2.44. The second-order valence-corrected chi connectivity index (χ2v) is 9.10. The fourth-order valence-corrected chi connectivity index (χ4v) is 4.99. The molecule has 0 radical (unpaired) electrons. The van der Waals surface area contributed by atoms with Gasteiger partial charge in [-0.3, -0.25) is 9.59 Å². The van der Waals surface area contributed by atoms with E-state index in [1.54, 1.807) is 17.2 Å². The van der Waals surface area contributed by atoms with Gasteiger partial charge < -0.3 is 19.2 Å². The van der Waals surface area contributed by atoms with Gasteiger partial charge in [0.2, 0.25) is 5.91 Å². The second-order valence-electron chi connectivity index (χ2n) is 9.10. The number of nitrogens with zero attached hydrogens (tertiary/aromatic N) is 3. The summed E-state index contributed by atoms with van der Waals surface area (Å²) in [5.74, 6) is 1.07. The maximum Gasteiger partial charge on any atom is 0.291 e. The van der Waals surface area contributed by atoms with Crippen LogP contribution >= 0.6 is 0 Å². The van der Waals surface area contributed by atoms with Gasteiger partial charge in [-0.25, -0.2) is 4.98 Å². The van der Waals surface area contributed by atoms with Gasteiger partial charge in [0.05, 0.1) is 30.4 Å². The van der Waals surface area contributed by atoms with Crippen molar-refractivity contribution >= 4 is 22.8 Å². The van der Waals surface area contributed by atoms with E-state index in [0.29, 0.717) is 24.0 Å². The van der Waals surface area contributed by atoms with E-state index in [9.17, 15) is 9.59 Å². The molecule has 2 aromatic heterocycles. The second kappa shape index (κ2) is 7.55. The molecular weight excluding hydrogens is 392 g/mol. The molecule has 2 amide bonds. The predicted octanol–water partition coefficient (Wildman–Crippen LogP) is 3.74. The number of carbonyl (C=O) groups is 2. The van der Waals surface area contributed by atoms with E-state index in [0.717, 1.165) is 30.3 Å². The molecular formula is C24H28N4O3. The first-order valence-corrected chi connectivity index (χ1v) is 11.1. The number of fused-ring (bicyclic) bond motifs is 3. The quantitative estimate of drug-likeness (QED) is 0.697. The van der Waals surface area contributed by atoms with Crippen LogP contribution in [0.1, 0.15) is 55.9 Å². The van der Waals surface area contributed by atoms with Crippen molar-refractivity contribution in [3.63, 3.8) is 0 Å². The van der Waals surface area contributed by atoms with E-state index in [1.807, 2.05) is 41.8 Å². The van der Waals surface area contributed by atoms with Crippen molar-refractivity contribution in [1.82, 2.24) is 19.8 Å². The molecule has 0 saturated heterocycles. The van der Waals surface area contributed by atoms with Gasteiger partial charge in [0.1, 0.15) is 11.3 Å². The average molecular weight is 421 g/mol. The Morgan fingerprint density at radius 3 is 2.81 bits per heavy atom. The first kappa shape index (κ1) is 19.8. The first-order valence-electron chi connectivity index (χ1n) is 11.1. The maximum absolute atomic E-state index is 13.7. The normalized spacial score (nSPS) is 26.1. The zero-order valence-corrected chi connectivity index (χ0v) is 18.0. The van der Waals surface area contributed by atoms with Crippen molar-refractivity contribution in [2.75, 3.05) is 0 Å². The van der Waals surface area contributed by atoms with E-state index in [1.165, 1.54) is 6.42 Å². The minimum atomic E-state index is -1.06. The fourth-order valence-electron chi connectivity index (χ4n) is 4.99. The minimum Gasteiger partial charge on any atom is -0.467 e. The molecule has 1 fully saturated rings. The molecule has 0 spiro atoms. The molecule has 0 unspecified atom stereocenters. The molecule has 0 bridgehead atoms. The third kappa shape index (κ3) is 3.32. The van der Waals surface area contributed by atoms with Crippen molar-refractivity contribution in [2.45, 2.75) is 64.2 Å². The van der Waals surface area contributed by atoms with Crippen LogP contribution in [0.2, 0.25) is 0 Å². The summed E-state index contributed by atoms with van der Waals surface area (Å²) < 4.78 is 7.41. The highest BCUT2D eigenvalue weighted by atomic mass is 16.3. The standard InChI is InChI=1S/C24H28N4O3/c1-16-8-3-4-10-18(16)26-23(30)24(2)15-27-20-12-6-5-11-19(20)25-21(27)22(29)28(24)14-17-9-7-13-31-17/h5-7,9,11-13,16,18H,3-4,8,10,14-15H2,1-2H3,(H,26,30)/t16-,18-,24+/m1/s1. The van der Waals surface area contributed by atoms with Crippen LogP contribution in [0.4, 0.5) is 0 Å². The Labute approximate surface area is 181 Å². The maximum atomic E-state index is 13.7. The van der Waals surface area contributed by atoms with Crippen molar-refractivity contribution in [3.05, 3.63) is 54.2 Å². The number of imidazole rings is 1. The molecule has 7 heteroatoms. The number of hydrogen-bond donors (Lipinski definition) is 1. The fraction of sp³-hybridized carbons (Fsp3) is 0.458. The number of amides is 2. The third-order valence-corrected chi connectivity index (χ3v) is 6.96. The van der Waals surface area contributed by atoms with E-state index in [-0.39, 0.29) is 24.4 Å². The summed E-state index contributed by atoms with van der Waals surface area (Å²) >= 11 is 0. The zero-order valence-electron chi connectivity index (χ0n) is 18.0. The largest absolute Gasteiger partial charge is 0.467 e. The number of rotatable bonds is 4. The summed E-state index contributed by atoms with van der Waals surface area (Å²) in [6.07, 6.45) is 6.01. The number of aromatic nitrogens is 2. The number of nitrogens with one attached hydrogen (secondary N) is 1. The van der Waals surface area contributed by atoms with Crippen LogP contribution in [0, 0.1) is 5.92 Å². The Morgan fingerprint density at radius 1 is 1.23 bits per heavy atom. The van der Waals surface area contributed by atoms with Crippen LogP contribution in [0.25, 0.3) is 11.0 Å². The highest BCUT2D eigenvalue weighted by Crippen LogP contribution is 2.33. The molecule has 3 heterocycles. The number of carbonyl (C=O) groups excluding carboxylic acids is 2. The number of furan rings is 1. The van der Waals surface area contributed by atoms with Crippen molar-refractivity contribution in [1.29, 1.82) is 0 Å². The molecule has 1 N–H and O–H groups in total. The van der Waals surface area contributed by atoms with Gasteiger partial charge in [-0.2, -0.15) is 0 Å². The van der Waals surface area contributed by atoms with Gasteiger partial charge in [0, 0.05) is 6.04 Å². The first-order chi connectivity index (χ1) is 15.0. The van der Waals surface area contributed by atoms with E-state index < -0.39 is 5.54 Å². The Balaban J connectivity index is 1.54. The lowest BCUT2D eigenvalue weighted by molar-refractivity contribution is -0.134. The highest BCUT2D eigenvalue weighted by molar-refractivity contribution is 6.01. The number of benzene rings is 1. The molecule has 5 rings (SSSR count). The minimum absolute atomic E-state index is 0.116. The summed E-state index contributed by atoms with van der Waals surface area (Å²) in [5.41, 5.74) is 0.570. The Morgan fingerprint density at radius 2 is 2.03 bits per heavy atom. The smallest absolute Gasteiger partial charge is 0.291 e. The lowest BCUT2D eigenvalue weighted by atomic mass is 9.85. The molecule has 31 heavy (non-hydrogen) atoms. The molecule has 1 aromatic carbocycles. The zero-order chi connectivity index (χ0) is 21.6. The van der Waals surface area contributed by atoms with Crippen LogP contribution < -0.4 is 5.32 Å². The van der Waals surface area contributed by atoms with E-state index in [2.05, 4.69) is 17.2 Å². The third-order valence-electron chi connectivity index (χ3n) is 6.96. The topological polar surface area (TPSA) is 80.4 Å². The van der Waals surface area contributed by atoms with Gasteiger partial charge in [0.25, 0.3) is 5.91 Å². The summed E-state index contributed by atoms with van der Waals surface area (Å²) in [5, 5.41) is 3.28. The summed E-state index contributed by atoms with van der Waals surface area (Å²) in [6, 6.07) is 11.4. The van der Waals surface area contributed by atoms with Crippen molar-refractivity contribution < 1.29 is 14.0 Å². The van der Waals surface area contributed by atoms with Gasteiger partial charge in [0.15, 0.2) is 5.82 Å². The predicted molar refractivity (Wildman–Crippen MR) is 116 cm³/mol. The Kier molecular flexibility index (Phi) is 4.84.